The Morgan fingerprint density at radius 3 is 2.50 bits per heavy atom. The van der Waals surface area contributed by atoms with Gasteiger partial charge in [-0.1, -0.05) is 17.7 Å². The fourth-order valence-corrected chi connectivity index (χ4v) is 1.74. The number of phenols is 1. The maximum Gasteiger partial charge on any atom is 0.314 e. The van der Waals surface area contributed by atoms with Crippen molar-refractivity contribution in [2.24, 2.45) is 0 Å². The predicted molar refractivity (Wildman–Crippen MR) is 51.7 cm³/mol. The molecule has 1 aromatic rings. The van der Waals surface area contributed by atoms with Crippen molar-refractivity contribution in [2.75, 3.05) is 0 Å². The van der Waals surface area contributed by atoms with E-state index in [9.17, 15) is 9.90 Å². The highest BCUT2D eigenvalue weighted by molar-refractivity contribution is 6.32. The number of phenolic OH excluding ortho intramolecular Hbond substituents is 1. The Bertz CT molecular complexity index is 396. The standard InChI is InChI=1S/C10H9ClO3/c11-7-5-6(1-2-8(7)12)10(3-4-10)9(13)14/h1-2,5,12H,3-4H2,(H,13,14). The maximum atomic E-state index is 11.0. The molecule has 0 bridgehead atoms. The number of hydrogen-bond acceptors (Lipinski definition) is 2. The number of rotatable bonds is 2. The number of carbonyl (C=O) groups is 1. The minimum absolute atomic E-state index is 0.0170. The Balaban J connectivity index is 2.43. The van der Waals surface area contributed by atoms with Crippen molar-refractivity contribution >= 4 is 17.6 Å². The summed E-state index contributed by atoms with van der Waals surface area (Å²) in [5, 5.41) is 18.4. The van der Waals surface area contributed by atoms with Crippen molar-refractivity contribution in [3.8, 4) is 5.75 Å². The molecule has 0 heterocycles. The molecule has 1 aromatic carbocycles. The molecular formula is C10H9ClO3. The summed E-state index contributed by atoms with van der Waals surface area (Å²) >= 11 is 5.71. The van der Waals surface area contributed by atoms with Crippen LogP contribution in [0.3, 0.4) is 0 Å². The lowest BCUT2D eigenvalue weighted by atomic mass is 9.96. The van der Waals surface area contributed by atoms with E-state index < -0.39 is 11.4 Å². The highest BCUT2D eigenvalue weighted by atomic mass is 35.5. The first-order chi connectivity index (χ1) is 6.56. The van der Waals surface area contributed by atoms with Gasteiger partial charge in [-0.3, -0.25) is 4.79 Å². The van der Waals surface area contributed by atoms with E-state index >= 15 is 0 Å². The molecule has 74 valence electrons. The molecule has 3 nitrogen and oxygen atoms in total. The smallest absolute Gasteiger partial charge is 0.314 e. The van der Waals surface area contributed by atoms with E-state index in [4.69, 9.17) is 16.7 Å². The number of aromatic hydroxyl groups is 1. The molecule has 2 rings (SSSR count). The van der Waals surface area contributed by atoms with Crippen molar-refractivity contribution in [3.63, 3.8) is 0 Å². The summed E-state index contributed by atoms with van der Waals surface area (Å²) in [6.45, 7) is 0. The fourth-order valence-electron chi connectivity index (χ4n) is 1.56. The topological polar surface area (TPSA) is 57.5 Å². The van der Waals surface area contributed by atoms with Crippen LogP contribution in [0.15, 0.2) is 18.2 Å². The van der Waals surface area contributed by atoms with Crippen LogP contribution in [0.2, 0.25) is 5.02 Å². The number of carboxylic acid groups (broad SMARTS) is 1. The highest BCUT2D eigenvalue weighted by Crippen LogP contribution is 2.49. The molecule has 0 saturated heterocycles. The molecule has 0 amide bonds. The van der Waals surface area contributed by atoms with Crippen LogP contribution in [0.5, 0.6) is 5.75 Å². The number of aliphatic carboxylic acids is 1. The zero-order valence-electron chi connectivity index (χ0n) is 7.33. The van der Waals surface area contributed by atoms with E-state index in [-0.39, 0.29) is 10.8 Å². The van der Waals surface area contributed by atoms with Gasteiger partial charge in [0.2, 0.25) is 0 Å². The van der Waals surface area contributed by atoms with Crippen molar-refractivity contribution < 1.29 is 15.0 Å². The monoisotopic (exact) mass is 212 g/mol. The number of benzene rings is 1. The van der Waals surface area contributed by atoms with E-state index in [0.29, 0.717) is 18.4 Å². The lowest BCUT2D eigenvalue weighted by molar-refractivity contribution is -0.140. The first kappa shape index (κ1) is 9.34. The van der Waals surface area contributed by atoms with Crippen LogP contribution in [0.1, 0.15) is 18.4 Å². The number of hydrogen-bond donors (Lipinski definition) is 2. The molecule has 1 saturated carbocycles. The molecule has 0 spiro atoms. The SMILES string of the molecule is O=C(O)C1(c2ccc(O)c(Cl)c2)CC1. The summed E-state index contributed by atoms with van der Waals surface area (Å²) in [5.41, 5.74) is -0.0787. The highest BCUT2D eigenvalue weighted by Gasteiger charge is 2.51. The first-order valence-corrected chi connectivity index (χ1v) is 4.66. The lowest BCUT2D eigenvalue weighted by Gasteiger charge is -2.10. The first-order valence-electron chi connectivity index (χ1n) is 4.29. The van der Waals surface area contributed by atoms with E-state index in [1.54, 1.807) is 6.07 Å². The van der Waals surface area contributed by atoms with Gasteiger partial charge in [-0.25, -0.2) is 0 Å². The van der Waals surface area contributed by atoms with Crippen molar-refractivity contribution in [1.29, 1.82) is 0 Å². The second kappa shape index (κ2) is 2.89. The summed E-state index contributed by atoms with van der Waals surface area (Å²) in [5.74, 6) is -0.837. The van der Waals surface area contributed by atoms with Crippen LogP contribution in [0.4, 0.5) is 0 Å². The fraction of sp³-hybridized carbons (Fsp3) is 0.300. The Hall–Kier alpha value is -1.22. The van der Waals surface area contributed by atoms with Crippen LogP contribution < -0.4 is 0 Å². The Labute approximate surface area is 85.9 Å². The second-order valence-corrected chi connectivity index (χ2v) is 3.96. The quantitative estimate of drug-likeness (QED) is 0.790. The Morgan fingerprint density at radius 2 is 2.07 bits per heavy atom. The van der Waals surface area contributed by atoms with Crippen LogP contribution in [0, 0.1) is 0 Å². The van der Waals surface area contributed by atoms with Gasteiger partial charge in [0.25, 0.3) is 0 Å². The van der Waals surface area contributed by atoms with Crippen LogP contribution in [0.25, 0.3) is 0 Å². The largest absolute Gasteiger partial charge is 0.506 e. The Morgan fingerprint density at radius 1 is 1.43 bits per heavy atom. The summed E-state index contributed by atoms with van der Waals surface area (Å²) in [6, 6.07) is 4.57. The number of carboxylic acids is 1. The third-order valence-electron chi connectivity index (χ3n) is 2.66. The average Bonchev–Trinajstić information content (AvgIpc) is 2.90. The lowest BCUT2D eigenvalue weighted by Crippen LogP contribution is -2.19. The van der Waals surface area contributed by atoms with Gasteiger partial charge in [-0.15, -0.1) is 0 Å². The van der Waals surface area contributed by atoms with Gasteiger partial charge in [0.15, 0.2) is 0 Å². The molecule has 14 heavy (non-hydrogen) atoms. The van der Waals surface area contributed by atoms with Crippen LogP contribution in [-0.4, -0.2) is 16.2 Å². The molecule has 1 fully saturated rings. The molecule has 1 aliphatic rings. The zero-order chi connectivity index (χ0) is 10.3. The van der Waals surface area contributed by atoms with Crippen LogP contribution in [-0.2, 0) is 10.2 Å². The third-order valence-corrected chi connectivity index (χ3v) is 2.96. The summed E-state index contributed by atoms with van der Waals surface area (Å²) in [7, 11) is 0. The van der Waals surface area contributed by atoms with Gasteiger partial charge in [-0.2, -0.15) is 0 Å². The van der Waals surface area contributed by atoms with Gasteiger partial charge in [0, 0.05) is 0 Å². The molecule has 0 radical (unpaired) electrons. The second-order valence-electron chi connectivity index (χ2n) is 3.55. The van der Waals surface area contributed by atoms with Crippen molar-refractivity contribution in [1.82, 2.24) is 0 Å². The van der Waals surface area contributed by atoms with E-state index in [1.807, 2.05) is 0 Å². The third kappa shape index (κ3) is 1.24. The van der Waals surface area contributed by atoms with Gasteiger partial charge in [0.1, 0.15) is 5.75 Å². The van der Waals surface area contributed by atoms with Crippen molar-refractivity contribution in [2.45, 2.75) is 18.3 Å². The normalized spacial score (nSPS) is 17.8. The number of halogens is 1. The summed E-state index contributed by atoms with van der Waals surface area (Å²) < 4.78 is 0. The maximum absolute atomic E-state index is 11.0. The van der Waals surface area contributed by atoms with Gasteiger partial charge < -0.3 is 10.2 Å². The summed E-state index contributed by atoms with van der Waals surface area (Å²) in [4.78, 5) is 11.0. The molecular weight excluding hydrogens is 204 g/mol. The van der Waals surface area contributed by atoms with Gasteiger partial charge in [0.05, 0.1) is 10.4 Å². The Kier molecular flexibility index (Phi) is 1.93. The van der Waals surface area contributed by atoms with E-state index in [1.165, 1.54) is 12.1 Å². The predicted octanol–water partition coefficient (Wildman–Crippen LogP) is 2.16. The van der Waals surface area contributed by atoms with Crippen LogP contribution >= 0.6 is 11.6 Å². The zero-order valence-corrected chi connectivity index (χ0v) is 8.08. The molecule has 1 aliphatic carbocycles. The molecule has 0 aromatic heterocycles. The molecule has 2 N–H and O–H groups in total. The van der Waals surface area contributed by atoms with Crippen molar-refractivity contribution in [3.05, 3.63) is 28.8 Å². The summed E-state index contributed by atoms with van der Waals surface area (Å²) in [6.07, 6.45) is 1.28. The van der Waals surface area contributed by atoms with Gasteiger partial charge in [-0.05, 0) is 30.5 Å². The average molecular weight is 213 g/mol. The van der Waals surface area contributed by atoms with Gasteiger partial charge >= 0.3 is 5.97 Å². The van der Waals surface area contributed by atoms with E-state index in [2.05, 4.69) is 0 Å². The molecule has 0 aliphatic heterocycles. The molecule has 0 atom stereocenters. The molecule has 0 unspecified atom stereocenters. The molecule has 4 heteroatoms. The minimum atomic E-state index is -0.820. The minimum Gasteiger partial charge on any atom is -0.506 e. The van der Waals surface area contributed by atoms with E-state index in [0.717, 1.165) is 0 Å².